The van der Waals surface area contributed by atoms with E-state index < -0.39 is 6.10 Å². The predicted octanol–water partition coefficient (Wildman–Crippen LogP) is 3.99. The van der Waals surface area contributed by atoms with Crippen LogP contribution < -0.4 is 9.47 Å². The number of benzene rings is 1. The monoisotopic (exact) mass is 322 g/mol. The lowest BCUT2D eigenvalue weighted by Gasteiger charge is -2.26. The van der Waals surface area contributed by atoms with Crippen molar-refractivity contribution in [2.45, 2.75) is 32.8 Å². The van der Waals surface area contributed by atoms with E-state index in [2.05, 4.69) is 20.4 Å². The van der Waals surface area contributed by atoms with Gasteiger partial charge in [-0.05, 0) is 36.0 Å². The molecule has 1 aromatic rings. The van der Waals surface area contributed by atoms with Gasteiger partial charge < -0.3 is 19.3 Å². The van der Waals surface area contributed by atoms with Gasteiger partial charge in [0.1, 0.15) is 0 Å². The Bertz CT molecular complexity index is 470. The smallest absolute Gasteiger partial charge is 0.161 e. The van der Waals surface area contributed by atoms with Gasteiger partial charge in [-0.25, -0.2) is 0 Å². The Kier molecular flexibility index (Phi) is 8.74. The zero-order chi connectivity index (χ0) is 17.2. The molecule has 130 valence electrons. The minimum Gasteiger partial charge on any atom is -0.493 e. The van der Waals surface area contributed by atoms with Crippen LogP contribution in [0, 0.1) is 11.8 Å². The highest BCUT2D eigenvalue weighted by atomic mass is 16.5. The molecule has 1 aromatic carbocycles. The molecule has 0 spiro atoms. The van der Waals surface area contributed by atoms with Crippen molar-refractivity contribution in [3.63, 3.8) is 0 Å². The van der Waals surface area contributed by atoms with Crippen LogP contribution in [0.4, 0.5) is 0 Å². The first-order valence-electron chi connectivity index (χ1n) is 8.13. The highest BCUT2D eigenvalue weighted by molar-refractivity contribution is 5.43. The maximum absolute atomic E-state index is 10.7. The van der Waals surface area contributed by atoms with Crippen LogP contribution in [0.25, 0.3) is 0 Å². The molecule has 0 radical (unpaired) electrons. The molecule has 4 heteroatoms. The quantitative estimate of drug-likeness (QED) is 0.494. The normalized spacial score (nSPS) is 13.7. The largest absolute Gasteiger partial charge is 0.493 e. The highest BCUT2D eigenvalue weighted by Gasteiger charge is 2.24. The van der Waals surface area contributed by atoms with Crippen molar-refractivity contribution < 1.29 is 19.3 Å². The Labute approximate surface area is 140 Å². The molecule has 0 saturated heterocycles. The second-order valence-electron chi connectivity index (χ2n) is 5.98. The van der Waals surface area contributed by atoms with E-state index in [0.717, 1.165) is 18.4 Å². The van der Waals surface area contributed by atoms with Crippen LogP contribution in [0.2, 0.25) is 0 Å². The van der Waals surface area contributed by atoms with E-state index in [1.807, 2.05) is 24.3 Å². The fraction of sp³-hybridized carbons (Fsp3) is 0.579. The Morgan fingerprint density at radius 2 is 1.91 bits per heavy atom. The van der Waals surface area contributed by atoms with Crippen LogP contribution in [0.1, 0.15) is 38.4 Å². The fourth-order valence-corrected chi connectivity index (χ4v) is 2.58. The van der Waals surface area contributed by atoms with Crippen LogP contribution in [0.5, 0.6) is 11.5 Å². The lowest BCUT2D eigenvalue weighted by Crippen LogP contribution is -2.18. The standard InChI is InChI=1S/C19H30O4/c1-6-8-16(14(2)3)19(20)15-9-10-17(22-5)18(13-15)23-12-7-11-21-4/h6,9-10,13-14,16,19-20H,1,7-8,11-12H2,2-5H3/t16-,19-/m0/s1. The molecular weight excluding hydrogens is 292 g/mol. The average Bonchev–Trinajstić information content (AvgIpc) is 2.55. The third-order valence-corrected chi connectivity index (χ3v) is 3.98. The number of hydrogen-bond acceptors (Lipinski definition) is 4. The fourth-order valence-electron chi connectivity index (χ4n) is 2.58. The highest BCUT2D eigenvalue weighted by Crippen LogP contribution is 2.36. The first-order valence-corrected chi connectivity index (χ1v) is 8.13. The van der Waals surface area contributed by atoms with Gasteiger partial charge in [-0.2, -0.15) is 0 Å². The summed E-state index contributed by atoms with van der Waals surface area (Å²) in [6, 6.07) is 5.61. The predicted molar refractivity (Wildman–Crippen MR) is 93.1 cm³/mol. The van der Waals surface area contributed by atoms with Crippen molar-refractivity contribution in [3.8, 4) is 11.5 Å². The minimum atomic E-state index is -0.555. The number of methoxy groups -OCH3 is 2. The first-order chi connectivity index (χ1) is 11.0. The van der Waals surface area contributed by atoms with Crippen LogP contribution in [0.3, 0.4) is 0 Å². The molecule has 0 amide bonds. The molecule has 0 bridgehead atoms. The van der Waals surface area contributed by atoms with Crippen molar-refractivity contribution in [2.24, 2.45) is 11.8 Å². The number of rotatable bonds is 11. The zero-order valence-electron chi connectivity index (χ0n) is 14.7. The van der Waals surface area contributed by atoms with Crippen molar-refractivity contribution in [1.29, 1.82) is 0 Å². The molecule has 0 aliphatic rings. The summed E-state index contributed by atoms with van der Waals surface area (Å²) >= 11 is 0. The van der Waals surface area contributed by atoms with Gasteiger partial charge in [0.25, 0.3) is 0 Å². The third kappa shape index (κ3) is 5.88. The van der Waals surface area contributed by atoms with E-state index in [1.54, 1.807) is 14.2 Å². The number of aliphatic hydroxyl groups is 1. The van der Waals surface area contributed by atoms with Crippen molar-refractivity contribution in [1.82, 2.24) is 0 Å². The first kappa shape index (κ1) is 19.5. The second kappa shape index (κ2) is 10.3. The summed E-state index contributed by atoms with van der Waals surface area (Å²) in [5, 5.41) is 10.7. The van der Waals surface area contributed by atoms with Crippen molar-refractivity contribution >= 4 is 0 Å². The Hall–Kier alpha value is -1.52. The van der Waals surface area contributed by atoms with E-state index in [1.165, 1.54) is 0 Å². The van der Waals surface area contributed by atoms with Gasteiger partial charge in [0.2, 0.25) is 0 Å². The Balaban J connectivity index is 2.91. The van der Waals surface area contributed by atoms with Gasteiger partial charge >= 0.3 is 0 Å². The summed E-state index contributed by atoms with van der Waals surface area (Å²) in [5.41, 5.74) is 0.841. The van der Waals surface area contributed by atoms with Gasteiger partial charge in [0.15, 0.2) is 11.5 Å². The summed E-state index contributed by atoms with van der Waals surface area (Å²) in [4.78, 5) is 0. The molecule has 0 heterocycles. The number of hydrogen-bond donors (Lipinski definition) is 1. The molecule has 4 nitrogen and oxygen atoms in total. The topological polar surface area (TPSA) is 47.9 Å². The van der Waals surface area contributed by atoms with Gasteiger partial charge in [0, 0.05) is 20.1 Å². The third-order valence-electron chi connectivity index (χ3n) is 3.98. The van der Waals surface area contributed by atoms with E-state index in [4.69, 9.17) is 14.2 Å². The van der Waals surface area contributed by atoms with Crippen molar-refractivity contribution in [2.75, 3.05) is 27.4 Å². The molecule has 0 saturated carbocycles. The summed E-state index contributed by atoms with van der Waals surface area (Å²) in [6.07, 6.45) is 2.88. The number of ether oxygens (including phenoxy) is 3. The SMILES string of the molecule is C=CC[C@@H](C(C)C)[C@@H](O)c1ccc(OC)c(OCCCOC)c1. The lowest BCUT2D eigenvalue weighted by molar-refractivity contribution is 0.0824. The molecule has 1 N–H and O–H groups in total. The van der Waals surface area contributed by atoms with Gasteiger partial charge in [-0.3, -0.25) is 0 Å². The van der Waals surface area contributed by atoms with Gasteiger partial charge in [0.05, 0.1) is 19.8 Å². The van der Waals surface area contributed by atoms with Gasteiger partial charge in [-0.1, -0.05) is 26.0 Å². The van der Waals surface area contributed by atoms with Crippen LogP contribution in [-0.2, 0) is 4.74 Å². The summed E-state index contributed by atoms with van der Waals surface area (Å²) < 4.78 is 16.1. The van der Waals surface area contributed by atoms with E-state index in [-0.39, 0.29) is 5.92 Å². The molecule has 1 rings (SSSR count). The lowest BCUT2D eigenvalue weighted by atomic mass is 9.84. The van der Waals surface area contributed by atoms with E-state index in [9.17, 15) is 5.11 Å². The molecule has 0 aliphatic heterocycles. The maximum atomic E-state index is 10.7. The summed E-state index contributed by atoms with van der Waals surface area (Å²) in [7, 11) is 3.28. The number of allylic oxidation sites excluding steroid dienone is 1. The molecular formula is C19H30O4. The molecule has 2 atom stereocenters. The summed E-state index contributed by atoms with van der Waals surface area (Å²) in [6.45, 7) is 9.22. The minimum absolute atomic E-state index is 0.127. The van der Waals surface area contributed by atoms with E-state index in [0.29, 0.717) is 30.6 Å². The van der Waals surface area contributed by atoms with Crippen LogP contribution in [-0.4, -0.2) is 32.5 Å². The molecule has 0 aromatic heterocycles. The summed E-state index contributed by atoms with van der Waals surface area (Å²) in [5.74, 6) is 1.81. The second-order valence-corrected chi connectivity index (χ2v) is 5.98. The van der Waals surface area contributed by atoms with Gasteiger partial charge in [-0.15, -0.1) is 6.58 Å². The Morgan fingerprint density at radius 1 is 1.17 bits per heavy atom. The van der Waals surface area contributed by atoms with Crippen LogP contribution in [0.15, 0.2) is 30.9 Å². The molecule has 0 fully saturated rings. The molecule has 0 aliphatic carbocycles. The zero-order valence-corrected chi connectivity index (χ0v) is 14.7. The van der Waals surface area contributed by atoms with E-state index >= 15 is 0 Å². The number of aliphatic hydroxyl groups excluding tert-OH is 1. The molecule has 0 unspecified atom stereocenters. The van der Waals surface area contributed by atoms with Crippen LogP contribution >= 0.6 is 0 Å². The average molecular weight is 322 g/mol. The molecule has 23 heavy (non-hydrogen) atoms. The van der Waals surface area contributed by atoms with Crippen molar-refractivity contribution in [3.05, 3.63) is 36.4 Å². The maximum Gasteiger partial charge on any atom is 0.161 e. The Morgan fingerprint density at radius 3 is 2.48 bits per heavy atom.